The molecular formula is C12H16ClNO3. The molecule has 0 fully saturated rings. The Bertz CT molecular complexity index is 395. The highest BCUT2D eigenvalue weighted by Gasteiger charge is 2.10. The number of aromatic carboxylic acids is 1. The fourth-order valence-corrected chi connectivity index (χ4v) is 1.65. The normalized spacial score (nSPS) is 10.3. The zero-order chi connectivity index (χ0) is 12.8. The summed E-state index contributed by atoms with van der Waals surface area (Å²) in [5.41, 5.74) is 0.994. The van der Waals surface area contributed by atoms with Gasteiger partial charge in [-0.2, -0.15) is 0 Å². The minimum atomic E-state index is -1.02. The molecule has 0 aliphatic rings. The molecule has 0 spiro atoms. The van der Waals surface area contributed by atoms with E-state index in [-0.39, 0.29) is 10.6 Å². The SMILES string of the molecule is CCOCCN(C)c1ccc(C(=O)O)c(Cl)c1. The topological polar surface area (TPSA) is 49.8 Å². The predicted octanol–water partition coefficient (Wildman–Crippen LogP) is 2.51. The van der Waals surface area contributed by atoms with Crippen LogP contribution in [0.5, 0.6) is 0 Å². The van der Waals surface area contributed by atoms with Crippen molar-refractivity contribution in [2.24, 2.45) is 0 Å². The van der Waals surface area contributed by atoms with E-state index in [1.807, 2.05) is 18.9 Å². The van der Waals surface area contributed by atoms with Gasteiger partial charge in [0.25, 0.3) is 0 Å². The summed E-state index contributed by atoms with van der Waals surface area (Å²) in [7, 11) is 1.91. The van der Waals surface area contributed by atoms with E-state index >= 15 is 0 Å². The first-order chi connectivity index (χ1) is 8.06. The maximum atomic E-state index is 10.8. The lowest BCUT2D eigenvalue weighted by Gasteiger charge is -2.19. The van der Waals surface area contributed by atoms with Crippen LogP contribution in [0.2, 0.25) is 5.02 Å². The molecule has 0 amide bonds. The number of hydrogen-bond donors (Lipinski definition) is 1. The highest BCUT2D eigenvalue weighted by molar-refractivity contribution is 6.33. The number of anilines is 1. The maximum absolute atomic E-state index is 10.8. The van der Waals surface area contributed by atoms with Gasteiger partial charge in [0.2, 0.25) is 0 Å². The average molecular weight is 258 g/mol. The summed E-state index contributed by atoms with van der Waals surface area (Å²) in [6.07, 6.45) is 0. The molecule has 1 aromatic carbocycles. The summed E-state index contributed by atoms with van der Waals surface area (Å²) in [6, 6.07) is 4.90. The van der Waals surface area contributed by atoms with Crippen LogP contribution in [0.3, 0.4) is 0 Å². The van der Waals surface area contributed by atoms with Crippen molar-refractivity contribution in [3.8, 4) is 0 Å². The predicted molar refractivity (Wildman–Crippen MR) is 68.2 cm³/mol. The van der Waals surface area contributed by atoms with Crippen LogP contribution in [0.4, 0.5) is 5.69 Å². The Labute approximate surface area is 106 Å². The van der Waals surface area contributed by atoms with Crippen molar-refractivity contribution in [1.82, 2.24) is 0 Å². The number of halogens is 1. The van der Waals surface area contributed by atoms with E-state index in [2.05, 4.69) is 0 Å². The Hall–Kier alpha value is -1.26. The number of carboxylic acid groups (broad SMARTS) is 1. The summed E-state index contributed by atoms with van der Waals surface area (Å²) < 4.78 is 5.25. The van der Waals surface area contributed by atoms with Crippen molar-refractivity contribution in [3.63, 3.8) is 0 Å². The fourth-order valence-electron chi connectivity index (χ4n) is 1.39. The Morgan fingerprint density at radius 3 is 2.76 bits per heavy atom. The quantitative estimate of drug-likeness (QED) is 0.796. The molecule has 1 aromatic rings. The highest BCUT2D eigenvalue weighted by Crippen LogP contribution is 2.23. The molecule has 94 valence electrons. The number of nitrogens with zero attached hydrogens (tertiary/aromatic N) is 1. The number of carbonyl (C=O) groups is 1. The van der Waals surface area contributed by atoms with Crippen molar-refractivity contribution in [2.75, 3.05) is 31.7 Å². The van der Waals surface area contributed by atoms with Gasteiger partial charge in [-0.15, -0.1) is 0 Å². The van der Waals surface area contributed by atoms with Gasteiger partial charge in [0, 0.05) is 25.9 Å². The molecule has 1 N–H and O–H groups in total. The van der Waals surface area contributed by atoms with Gasteiger partial charge in [-0.05, 0) is 25.1 Å². The van der Waals surface area contributed by atoms with Gasteiger partial charge in [-0.25, -0.2) is 4.79 Å². The third kappa shape index (κ3) is 3.91. The lowest BCUT2D eigenvalue weighted by atomic mass is 10.2. The summed E-state index contributed by atoms with van der Waals surface area (Å²) >= 11 is 5.89. The lowest BCUT2D eigenvalue weighted by Crippen LogP contribution is -2.22. The van der Waals surface area contributed by atoms with E-state index in [9.17, 15) is 4.79 Å². The first-order valence-electron chi connectivity index (χ1n) is 5.38. The van der Waals surface area contributed by atoms with Gasteiger partial charge in [0.05, 0.1) is 17.2 Å². The molecule has 0 atom stereocenters. The van der Waals surface area contributed by atoms with Gasteiger partial charge >= 0.3 is 5.97 Å². The molecule has 0 unspecified atom stereocenters. The molecule has 0 bridgehead atoms. The van der Waals surface area contributed by atoms with Crippen LogP contribution in [0.25, 0.3) is 0 Å². The highest BCUT2D eigenvalue weighted by atomic mass is 35.5. The van der Waals surface area contributed by atoms with Gasteiger partial charge in [0.1, 0.15) is 0 Å². The fraction of sp³-hybridized carbons (Fsp3) is 0.417. The summed E-state index contributed by atoms with van der Waals surface area (Å²) in [5.74, 6) is -1.02. The van der Waals surface area contributed by atoms with E-state index in [4.69, 9.17) is 21.4 Å². The summed E-state index contributed by atoms with van der Waals surface area (Å²) in [6.45, 7) is 3.99. The number of likely N-dealkylation sites (N-methyl/N-ethyl adjacent to an activating group) is 1. The zero-order valence-electron chi connectivity index (χ0n) is 9.94. The van der Waals surface area contributed by atoms with Crippen LogP contribution in [-0.4, -0.2) is 37.9 Å². The van der Waals surface area contributed by atoms with E-state index in [1.54, 1.807) is 12.1 Å². The van der Waals surface area contributed by atoms with Crippen molar-refractivity contribution in [1.29, 1.82) is 0 Å². The van der Waals surface area contributed by atoms with Crippen molar-refractivity contribution in [2.45, 2.75) is 6.92 Å². The van der Waals surface area contributed by atoms with E-state index in [1.165, 1.54) is 6.07 Å². The van der Waals surface area contributed by atoms with Gasteiger partial charge in [-0.3, -0.25) is 0 Å². The molecule has 5 heteroatoms. The summed E-state index contributed by atoms with van der Waals surface area (Å²) in [4.78, 5) is 12.8. The molecule has 17 heavy (non-hydrogen) atoms. The smallest absolute Gasteiger partial charge is 0.337 e. The third-order valence-corrected chi connectivity index (χ3v) is 2.71. The molecule has 4 nitrogen and oxygen atoms in total. The molecule has 0 saturated carbocycles. The van der Waals surface area contributed by atoms with E-state index in [0.717, 1.165) is 12.2 Å². The van der Waals surface area contributed by atoms with Crippen LogP contribution < -0.4 is 4.90 Å². The standard InChI is InChI=1S/C12H16ClNO3/c1-3-17-7-6-14(2)9-4-5-10(12(15)16)11(13)8-9/h4-5,8H,3,6-7H2,1-2H3,(H,15,16). The van der Waals surface area contributed by atoms with Crippen LogP contribution >= 0.6 is 11.6 Å². The van der Waals surface area contributed by atoms with Crippen LogP contribution in [0.15, 0.2) is 18.2 Å². The van der Waals surface area contributed by atoms with Crippen molar-refractivity contribution >= 4 is 23.3 Å². The van der Waals surface area contributed by atoms with Crippen molar-refractivity contribution < 1.29 is 14.6 Å². The maximum Gasteiger partial charge on any atom is 0.337 e. The number of rotatable bonds is 6. The van der Waals surface area contributed by atoms with Crippen LogP contribution in [0, 0.1) is 0 Å². The monoisotopic (exact) mass is 257 g/mol. The Balaban J connectivity index is 2.72. The summed E-state index contributed by atoms with van der Waals surface area (Å²) in [5, 5.41) is 9.10. The van der Waals surface area contributed by atoms with E-state index in [0.29, 0.717) is 13.2 Å². The molecule has 0 aliphatic carbocycles. The molecule has 0 radical (unpaired) electrons. The second kappa shape index (κ2) is 6.47. The van der Waals surface area contributed by atoms with Gasteiger partial charge < -0.3 is 14.7 Å². The molecule has 0 aliphatic heterocycles. The van der Waals surface area contributed by atoms with Crippen molar-refractivity contribution in [3.05, 3.63) is 28.8 Å². The Morgan fingerprint density at radius 1 is 1.53 bits per heavy atom. The first kappa shape index (κ1) is 13.8. The number of carboxylic acids is 1. The first-order valence-corrected chi connectivity index (χ1v) is 5.75. The minimum Gasteiger partial charge on any atom is -0.478 e. The Morgan fingerprint density at radius 2 is 2.24 bits per heavy atom. The molecular weight excluding hydrogens is 242 g/mol. The van der Waals surface area contributed by atoms with Crippen LogP contribution in [-0.2, 0) is 4.74 Å². The van der Waals surface area contributed by atoms with E-state index < -0.39 is 5.97 Å². The third-order valence-electron chi connectivity index (χ3n) is 2.40. The van der Waals surface area contributed by atoms with Gasteiger partial charge in [0.15, 0.2) is 0 Å². The average Bonchev–Trinajstić information content (AvgIpc) is 2.28. The molecule has 0 aromatic heterocycles. The second-order valence-electron chi connectivity index (χ2n) is 3.59. The zero-order valence-corrected chi connectivity index (χ0v) is 10.7. The Kier molecular flexibility index (Phi) is 5.25. The molecule has 0 saturated heterocycles. The number of ether oxygens (including phenoxy) is 1. The molecule has 0 heterocycles. The number of hydrogen-bond acceptors (Lipinski definition) is 3. The molecule has 1 rings (SSSR count). The lowest BCUT2D eigenvalue weighted by molar-refractivity contribution is 0.0697. The second-order valence-corrected chi connectivity index (χ2v) is 3.99. The number of benzene rings is 1. The largest absolute Gasteiger partial charge is 0.478 e. The minimum absolute atomic E-state index is 0.119. The van der Waals surface area contributed by atoms with Gasteiger partial charge in [-0.1, -0.05) is 11.6 Å². The van der Waals surface area contributed by atoms with Crippen LogP contribution in [0.1, 0.15) is 17.3 Å².